The molecule has 120 valence electrons. The van der Waals surface area contributed by atoms with E-state index < -0.39 is 0 Å². The van der Waals surface area contributed by atoms with Crippen molar-refractivity contribution in [2.45, 2.75) is 24.2 Å². The minimum Gasteiger partial charge on any atom is -0.379 e. The number of thioether (sulfide) groups is 1. The Morgan fingerprint density at radius 2 is 1.70 bits per heavy atom. The van der Waals surface area contributed by atoms with E-state index in [9.17, 15) is 0 Å². The van der Waals surface area contributed by atoms with E-state index in [4.69, 9.17) is 10.5 Å². The van der Waals surface area contributed by atoms with Crippen molar-refractivity contribution in [2.24, 2.45) is 10.7 Å². The summed E-state index contributed by atoms with van der Waals surface area (Å²) in [6.45, 7) is 1.51. The van der Waals surface area contributed by atoms with E-state index in [1.54, 1.807) is 11.8 Å². The Balaban J connectivity index is 1.74. The molecule has 23 heavy (non-hydrogen) atoms. The first kappa shape index (κ1) is 16.1. The second kappa shape index (κ2) is 8.18. The predicted octanol–water partition coefficient (Wildman–Crippen LogP) is 4.00. The molecule has 1 aliphatic heterocycles. The molecule has 1 heterocycles. The Labute approximate surface area is 142 Å². The summed E-state index contributed by atoms with van der Waals surface area (Å²) in [7, 11) is 0. The van der Waals surface area contributed by atoms with Gasteiger partial charge in [0.25, 0.3) is 0 Å². The lowest BCUT2D eigenvalue weighted by molar-refractivity contribution is 0.118. The Hall–Kier alpha value is -1.78. The summed E-state index contributed by atoms with van der Waals surface area (Å²) in [4.78, 5) is 4.53. The molecule has 4 heteroatoms. The van der Waals surface area contributed by atoms with Crippen molar-refractivity contribution in [1.82, 2.24) is 0 Å². The van der Waals surface area contributed by atoms with E-state index >= 15 is 0 Å². The van der Waals surface area contributed by atoms with Gasteiger partial charge in [-0.15, -0.1) is 0 Å². The van der Waals surface area contributed by atoms with Crippen molar-refractivity contribution in [1.29, 1.82) is 0 Å². The highest BCUT2D eigenvalue weighted by molar-refractivity contribution is 8.14. The number of nitrogens with zero attached hydrogens (tertiary/aromatic N) is 1. The van der Waals surface area contributed by atoms with Crippen LogP contribution in [0.2, 0.25) is 0 Å². The van der Waals surface area contributed by atoms with Gasteiger partial charge in [-0.05, 0) is 24.0 Å². The molecular formula is C19H22N2OS. The Bertz CT molecular complexity index is 585. The van der Waals surface area contributed by atoms with Crippen LogP contribution in [0.25, 0.3) is 0 Å². The molecule has 1 fully saturated rings. The lowest BCUT2D eigenvalue weighted by Gasteiger charge is -2.17. The highest BCUT2D eigenvalue weighted by Crippen LogP contribution is 2.35. The van der Waals surface area contributed by atoms with Crippen molar-refractivity contribution < 1.29 is 4.74 Å². The van der Waals surface area contributed by atoms with Crippen LogP contribution >= 0.6 is 11.8 Å². The molecule has 0 amide bonds. The molecular weight excluding hydrogens is 304 g/mol. The first-order chi connectivity index (χ1) is 11.3. The number of aliphatic imine (C=N–C) groups is 1. The van der Waals surface area contributed by atoms with Crippen LogP contribution in [0.15, 0.2) is 65.7 Å². The van der Waals surface area contributed by atoms with E-state index in [2.05, 4.69) is 53.5 Å². The summed E-state index contributed by atoms with van der Waals surface area (Å²) >= 11 is 1.61. The monoisotopic (exact) mass is 326 g/mol. The van der Waals surface area contributed by atoms with Gasteiger partial charge in [0.2, 0.25) is 0 Å². The third-order valence-corrected chi connectivity index (χ3v) is 5.07. The highest BCUT2D eigenvalue weighted by atomic mass is 32.2. The van der Waals surface area contributed by atoms with Crippen LogP contribution in [0.4, 0.5) is 0 Å². The van der Waals surface area contributed by atoms with Crippen molar-refractivity contribution in [3.63, 3.8) is 0 Å². The van der Waals surface area contributed by atoms with Crippen molar-refractivity contribution in [3.05, 3.63) is 71.8 Å². The molecule has 2 aromatic rings. The van der Waals surface area contributed by atoms with Gasteiger partial charge < -0.3 is 10.5 Å². The summed E-state index contributed by atoms with van der Waals surface area (Å²) in [6.07, 6.45) is 2.45. The summed E-state index contributed by atoms with van der Waals surface area (Å²) in [5.41, 5.74) is 8.66. The summed E-state index contributed by atoms with van der Waals surface area (Å²) in [5.74, 6) is 0. The maximum absolute atomic E-state index is 6.18. The van der Waals surface area contributed by atoms with Gasteiger partial charge in [0.15, 0.2) is 5.17 Å². The van der Waals surface area contributed by atoms with E-state index in [1.165, 1.54) is 11.1 Å². The smallest absolute Gasteiger partial charge is 0.154 e. The fourth-order valence-corrected chi connectivity index (χ4v) is 3.70. The average molecular weight is 326 g/mol. The maximum atomic E-state index is 6.18. The van der Waals surface area contributed by atoms with Crippen molar-refractivity contribution in [2.75, 3.05) is 13.2 Å². The Kier molecular flexibility index (Phi) is 5.72. The molecule has 1 saturated heterocycles. The Morgan fingerprint density at radius 1 is 1.09 bits per heavy atom. The zero-order valence-electron chi connectivity index (χ0n) is 13.1. The van der Waals surface area contributed by atoms with Gasteiger partial charge >= 0.3 is 0 Å². The molecule has 0 saturated carbocycles. The fraction of sp³-hybridized carbons (Fsp3) is 0.316. The summed E-state index contributed by atoms with van der Waals surface area (Å²) in [6, 6.07) is 20.9. The number of amidine groups is 1. The van der Waals surface area contributed by atoms with Crippen molar-refractivity contribution in [3.8, 4) is 0 Å². The zero-order valence-corrected chi connectivity index (χ0v) is 13.9. The molecule has 1 atom stereocenters. The second-order valence-corrected chi connectivity index (χ2v) is 6.76. The van der Waals surface area contributed by atoms with Crippen LogP contribution in [0, 0.1) is 0 Å². The molecule has 1 aliphatic rings. The predicted molar refractivity (Wildman–Crippen MR) is 97.8 cm³/mol. The Morgan fingerprint density at radius 3 is 2.22 bits per heavy atom. The van der Waals surface area contributed by atoms with E-state index in [0.29, 0.717) is 11.7 Å². The largest absolute Gasteiger partial charge is 0.379 e. The average Bonchev–Trinajstić information content (AvgIpc) is 3.13. The number of benzene rings is 2. The lowest BCUT2D eigenvalue weighted by Crippen LogP contribution is -2.16. The van der Waals surface area contributed by atoms with Gasteiger partial charge in [-0.1, -0.05) is 72.4 Å². The van der Waals surface area contributed by atoms with Gasteiger partial charge in [0.05, 0.1) is 17.9 Å². The standard InChI is InChI=1S/C19H22N2OS/c20-19(21-14-17-12-7-13-22-17)23-18(15-8-3-1-4-9-15)16-10-5-2-6-11-16/h1-6,8-11,17-18H,7,12-14H2,(H2,20,21). The first-order valence-electron chi connectivity index (χ1n) is 8.01. The van der Waals surface area contributed by atoms with Gasteiger partial charge in [-0.25, -0.2) is 0 Å². The number of nitrogens with two attached hydrogens (primary N) is 1. The summed E-state index contributed by atoms with van der Waals surface area (Å²) < 4.78 is 5.61. The molecule has 0 aromatic heterocycles. The molecule has 0 radical (unpaired) electrons. The van der Waals surface area contributed by atoms with Gasteiger partial charge in [0, 0.05) is 6.61 Å². The van der Waals surface area contributed by atoms with Crippen LogP contribution in [-0.2, 0) is 4.74 Å². The quantitative estimate of drug-likeness (QED) is 0.667. The third-order valence-electron chi connectivity index (χ3n) is 3.92. The molecule has 2 N–H and O–H groups in total. The van der Waals surface area contributed by atoms with Crippen molar-refractivity contribution >= 4 is 16.9 Å². The SMILES string of the molecule is NC(=NCC1CCCO1)SC(c1ccccc1)c1ccccc1. The van der Waals surface area contributed by atoms with Crippen LogP contribution in [-0.4, -0.2) is 24.4 Å². The third kappa shape index (κ3) is 4.60. The maximum Gasteiger partial charge on any atom is 0.154 e. The molecule has 2 aromatic carbocycles. The number of hydrogen-bond donors (Lipinski definition) is 1. The number of rotatable bonds is 5. The van der Waals surface area contributed by atoms with E-state index in [1.807, 2.05) is 12.1 Å². The van der Waals surface area contributed by atoms with Gasteiger partial charge in [-0.2, -0.15) is 0 Å². The van der Waals surface area contributed by atoms with Crippen LogP contribution < -0.4 is 5.73 Å². The minimum atomic E-state index is 0.158. The molecule has 0 bridgehead atoms. The molecule has 0 aliphatic carbocycles. The van der Waals surface area contributed by atoms with E-state index in [0.717, 1.165) is 19.4 Å². The molecule has 1 unspecified atom stereocenters. The molecule has 0 spiro atoms. The van der Waals surface area contributed by atoms with Crippen LogP contribution in [0.1, 0.15) is 29.2 Å². The fourth-order valence-electron chi connectivity index (χ4n) is 2.72. The van der Waals surface area contributed by atoms with Crippen LogP contribution in [0.5, 0.6) is 0 Å². The second-order valence-electron chi connectivity index (χ2n) is 5.63. The highest BCUT2D eigenvalue weighted by Gasteiger charge is 2.18. The first-order valence-corrected chi connectivity index (χ1v) is 8.89. The van der Waals surface area contributed by atoms with E-state index in [-0.39, 0.29) is 11.4 Å². The molecule has 3 rings (SSSR count). The van der Waals surface area contributed by atoms with Crippen LogP contribution in [0.3, 0.4) is 0 Å². The normalized spacial score (nSPS) is 18.5. The number of hydrogen-bond acceptors (Lipinski definition) is 3. The molecule has 3 nitrogen and oxygen atoms in total. The topological polar surface area (TPSA) is 47.6 Å². The van der Waals surface area contributed by atoms with Gasteiger partial charge in [-0.3, -0.25) is 4.99 Å². The number of ether oxygens (including phenoxy) is 1. The summed E-state index contributed by atoms with van der Waals surface area (Å²) in [5, 5.41) is 0.781. The lowest BCUT2D eigenvalue weighted by atomic mass is 10.0. The minimum absolute atomic E-state index is 0.158. The van der Waals surface area contributed by atoms with Gasteiger partial charge in [0.1, 0.15) is 0 Å². The zero-order chi connectivity index (χ0) is 15.9.